The molecular weight excluding hydrogens is 534 g/mol. The molecule has 2 aromatic heterocycles. The molecule has 0 aliphatic carbocycles. The Kier molecular flexibility index (Phi) is 5.54. The standard InChI is InChI=1S/C42H27NO/c1-3-12-28(13-4-1)30-16-9-17-32(26-30)43-39-23-8-7-18-35(39)36-25-24-31(27-40(36)43)34-20-11-22-38-37-21-10-19-33(41(37)44-42(34)38)29-14-5-2-6-15-29/h1-27H. The van der Waals surface area contributed by atoms with Gasteiger partial charge in [0.25, 0.3) is 0 Å². The van der Waals surface area contributed by atoms with Crippen molar-refractivity contribution in [2.75, 3.05) is 0 Å². The Bertz CT molecular complexity index is 2480. The number of para-hydroxylation sites is 3. The van der Waals surface area contributed by atoms with Crippen LogP contribution in [0.15, 0.2) is 168 Å². The van der Waals surface area contributed by atoms with Gasteiger partial charge in [-0.3, -0.25) is 0 Å². The first-order valence-corrected chi connectivity index (χ1v) is 15.0. The van der Waals surface area contributed by atoms with Crippen molar-refractivity contribution in [1.82, 2.24) is 4.57 Å². The van der Waals surface area contributed by atoms with E-state index in [2.05, 4.69) is 162 Å². The van der Waals surface area contributed by atoms with Crippen LogP contribution in [0.1, 0.15) is 0 Å². The molecule has 0 bridgehead atoms. The van der Waals surface area contributed by atoms with Gasteiger partial charge in [0.15, 0.2) is 0 Å². The third-order valence-corrected chi connectivity index (χ3v) is 8.81. The highest BCUT2D eigenvalue weighted by molar-refractivity contribution is 6.14. The van der Waals surface area contributed by atoms with Crippen LogP contribution in [-0.4, -0.2) is 4.57 Å². The molecule has 0 N–H and O–H groups in total. The SMILES string of the molecule is c1ccc(-c2cccc(-n3c4ccccc4c4ccc(-c5cccc6c5oc5c(-c7ccccc7)cccc56)cc43)c2)cc1. The molecule has 0 amide bonds. The predicted molar refractivity (Wildman–Crippen MR) is 184 cm³/mol. The lowest BCUT2D eigenvalue weighted by Crippen LogP contribution is -1.94. The van der Waals surface area contributed by atoms with Crippen molar-refractivity contribution in [3.05, 3.63) is 164 Å². The molecule has 9 rings (SSSR count). The third-order valence-electron chi connectivity index (χ3n) is 8.81. The van der Waals surface area contributed by atoms with E-state index in [0.717, 1.165) is 49.9 Å². The lowest BCUT2D eigenvalue weighted by Gasteiger charge is -2.11. The molecule has 9 aromatic rings. The summed E-state index contributed by atoms with van der Waals surface area (Å²) < 4.78 is 9.16. The average Bonchev–Trinajstić information content (AvgIpc) is 3.65. The Balaban J connectivity index is 1.28. The summed E-state index contributed by atoms with van der Waals surface area (Å²) in [6.07, 6.45) is 0. The Morgan fingerprint density at radius 2 is 0.909 bits per heavy atom. The number of hydrogen-bond acceptors (Lipinski definition) is 1. The monoisotopic (exact) mass is 561 g/mol. The van der Waals surface area contributed by atoms with Crippen LogP contribution in [0.2, 0.25) is 0 Å². The fourth-order valence-corrected chi connectivity index (χ4v) is 6.76. The molecule has 7 aromatic carbocycles. The van der Waals surface area contributed by atoms with E-state index in [1.165, 1.54) is 32.9 Å². The van der Waals surface area contributed by atoms with Gasteiger partial charge in [-0.2, -0.15) is 0 Å². The van der Waals surface area contributed by atoms with Crippen molar-refractivity contribution in [2.24, 2.45) is 0 Å². The second-order valence-electron chi connectivity index (χ2n) is 11.3. The zero-order valence-electron chi connectivity index (χ0n) is 23.9. The minimum Gasteiger partial charge on any atom is -0.455 e. The first kappa shape index (κ1) is 24.7. The number of aromatic nitrogens is 1. The highest BCUT2D eigenvalue weighted by Gasteiger charge is 2.18. The Labute approximate surface area is 255 Å². The number of nitrogens with zero attached hydrogens (tertiary/aromatic N) is 1. The number of hydrogen-bond donors (Lipinski definition) is 0. The maximum absolute atomic E-state index is 6.77. The van der Waals surface area contributed by atoms with E-state index < -0.39 is 0 Å². The fraction of sp³-hybridized carbons (Fsp3) is 0. The molecule has 2 heteroatoms. The van der Waals surface area contributed by atoms with Crippen molar-refractivity contribution < 1.29 is 4.42 Å². The summed E-state index contributed by atoms with van der Waals surface area (Å²) in [5.74, 6) is 0. The van der Waals surface area contributed by atoms with Crippen LogP contribution in [0.5, 0.6) is 0 Å². The van der Waals surface area contributed by atoms with Gasteiger partial charge in [-0.15, -0.1) is 0 Å². The van der Waals surface area contributed by atoms with E-state index in [0.29, 0.717) is 0 Å². The molecule has 0 atom stereocenters. The van der Waals surface area contributed by atoms with Crippen LogP contribution in [0.25, 0.3) is 82.8 Å². The normalized spacial score (nSPS) is 11.6. The Morgan fingerprint density at radius 3 is 1.66 bits per heavy atom. The topological polar surface area (TPSA) is 18.1 Å². The van der Waals surface area contributed by atoms with Gasteiger partial charge in [-0.25, -0.2) is 0 Å². The van der Waals surface area contributed by atoms with Crippen LogP contribution >= 0.6 is 0 Å². The summed E-state index contributed by atoms with van der Waals surface area (Å²) >= 11 is 0. The lowest BCUT2D eigenvalue weighted by molar-refractivity contribution is 0.671. The molecule has 0 aliphatic rings. The molecule has 0 aliphatic heterocycles. The first-order chi connectivity index (χ1) is 21.8. The van der Waals surface area contributed by atoms with Gasteiger partial charge in [0.05, 0.1) is 11.0 Å². The maximum atomic E-state index is 6.77. The Morgan fingerprint density at radius 1 is 0.341 bits per heavy atom. The van der Waals surface area contributed by atoms with Gasteiger partial charge in [0.1, 0.15) is 11.2 Å². The predicted octanol–water partition coefficient (Wildman–Crippen LogP) is 11.7. The molecule has 44 heavy (non-hydrogen) atoms. The summed E-state index contributed by atoms with van der Waals surface area (Å²) in [5, 5.41) is 4.74. The van der Waals surface area contributed by atoms with Crippen LogP contribution in [0.3, 0.4) is 0 Å². The third kappa shape index (κ3) is 3.82. The molecule has 0 radical (unpaired) electrons. The second-order valence-corrected chi connectivity index (χ2v) is 11.3. The molecule has 2 nitrogen and oxygen atoms in total. The average molecular weight is 562 g/mol. The van der Waals surface area contributed by atoms with Gasteiger partial charge in [-0.05, 0) is 46.5 Å². The van der Waals surface area contributed by atoms with Crippen LogP contribution < -0.4 is 0 Å². The van der Waals surface area contributed by atoms with Crippen molar-refractivity contribution in [2.45, 2.75) is 0 Å². The van der Waals surface area contributed by atoms with Crippen LogP contribution in [-0.2, 0) is 0 Å². The van der Waals surface area contributed by atoms with Crippen molar-refractivity contribution >= 4 is 43.7 Å². The molecule has 0 saturated carbocycles. The number of furan rings is 1. The summed E-state index contributed by atoms with van der Waals surface area (Å²) in [4.78, 5) is 0. The molecular formula is C42H27NO. The number of rotatable bonds is 4. The summed E-state index contributed by atoms with van der Waals surface area (Å²) in [7, 11) is 0. The molecule has 206 valence electrons. The minimum absolute atomic E-state index is 0.916. The van der Waals surface area contributed by atoms with E-state index in [-0.39, 0.29) is 0 Å². The molecule has 0 saturated heterocycles. The van der Waals surface area contributed by atoms with Gasteiger partial charge >= 0.3 is 0 Å². The number of fused-ring (bicyclic) bond motifs is 6. The van der Waals surface area contributed by atoms with Crippen molar-refractivity contribution in [1.29, 1.82) is 0 Å². The summed E-state index contributed by atoms with van der Waals surface area (Å²) in [5.41, 5.74) is 12.2. The fourth-order valence-electron chi connectivity index (χ4n) is 6.76. The van der Waals surface area contributed by atoms with Crippen LogP contribution in [0, 0.1) is 0 Å². The quantitative estimate of drug-likeness (QED) is 0.209. The molecule has 2 heterocycles. The van der Waals surface area contributed by atoms with Gasteiger partial charge in [0.2, 0.25) is 0 Å². The molecule has 0 spiro atoms. The van der Waals surface area contributed by atoms with E-state index >= 15 is 0 Å². The molecule has 0 unspecified atom stereocenters. The highest BCUT2D eigenvalue weighted by Crippen LogP contribution is 2.41. The second kappa shape index (κ2) is 9.86. The van der Waals surface area contributed by atoms with Crippen LogP contribution in [0.4, 0.5) is 0 Å². The smallest absolute Gasteiger partial charge is 0.143 e. The minimum atomic E-state index is 0.916. The summed E-state index contributed by atoms with van der Waals surface area (Å²) in [6.45, 7) is 0. The van der Waals surface area contributed by atoms with E-state index in [4.69, 9.17) is 4.42 Å². The lowest BCUT2D eigenvalue weighted by atomic mass is 9.99. The zero-order valence-corrected chi connectivity index (χ0v) is 23.9. The number of benzene rings is 7. The van der Waals surface area contributed by atoms with Crippen molar-refractivity contribution in [3.63, 3.8) is 0 Å². The maximum Gasteiger partial charge on any atom is 0.143 e. The summed E-state index contributed by atoms with van der Waals surface area (Å²) in [6, 6.07) is 58.3. The zero-order chi connectivity index (χ0) is 29.0. The van der Waals surface area contributed by atoms with E-state index in [1.807, 2.05) is 6.07 Å². The van der Waals surface area contributed by atoms with Crippen molar-refractivity contribution in [3.8, 4) is 39.1 Å². The molecule has 0 fully saturated rings. The first-order valence-electron chi connectivity index (χ1n) is 15.0. The van der Waals surface area contributed by atoms with E-state index in [1.54, 1.807) is 0 Å². The Hall–Kier alpha value is -5.86. The van der Waals surface area contributed by atoms with E-state index in [9.17, 15) is 0 Å². The highest BCUT2D eigenvalue weighted by atomic mass is 16.3. The van der Waals surface area contributed by atoms with Gasteiger partial charge < -0.3 is 8.98 Å². The van der Waals surface area contributed by atoms with Gasteiger partial charge in [-0.1, -0.05) is 140 Å². The van der Waals surface area contributed by atoms with Gasteiger partial charge in [0, 0.05) is 38.4 Å². The largest absolute Gasteiger partial charge is 0.455 e.